The maximum Gasteiger partial charge on any atom is 0.270 e. The van der Waals surface area contributed by atoms with Crippen molar-refractivity contribution < 1.29 is 9.72 Å². The maximum atomic E-state index is 13.0. The van der Waals surface area contributed by atoms with Crippen molar-refractivity contribution in [2.75, 3.05) is 0 Å². The predicted octanol–water partition coefficient (Wildman–Crippen LogP) is 5.01. The van der Waals surface area contributed by atoms with E-state index in [2.05, 4.69) is 5.32 Å². The van der Waals surface area contributed by atoms with Crippen molar-refractivity contribution in [2.24, 2.45) is 0 Å². The van der Waals surface area contributed by atoms with Crippen molar-refractivity contribution in [3.05, 3.63) is 112 Å². The van der Waals surface area contributed by atoms with E-state index in [1.54, 1.807) is 18.2 Å². The molecule has 0 aliphatic rings. The number of carbonyl (C=O) groups excluding carboxylic acids is 1. The summed E-state index contributed by atoms with van der Waals surface area (Å²) in [7, 11) is 0. The van der Waals surface area contributed by atoms with Crippen molar-refractivity contribution >= 4 is 23.2 Å². The van der Waals surface area contributed by atoms with E-state index in [9.17, 15) is 14.9 Å². The molecular formula is C23H20N2O3. The molecule has 3 rings (SSSR count). The summed E-state index contributed by atoms with van der Waals surface area (Å²) < 4.78 is 0. The Morgan fingerprint density at radius 1 is 0.964 bits per heavy atom. The van der Waals surface area contributed by atoms with Crippen LogP contribution in [0, 0.1) is 10.1 Å². The van der Waals surface area contributed by atoms with Gasteiger partial charge in [-0.3, -0.25) is 14.9 Å². The van der Waals surface area contributed by atoms with Crippen LogP contribution in [0.5, 0.6) is 0 Å². The molecule has 3 aromatic rings. The van der Waals surface area contributed by atoms with E-state index >= 15 is 0 Å². The highest BCUT2D eigenvalue weighted by Crippen LogP contribution is 2.22. The Kier molecular flexibility index (Phi) is 5.97. The van der Waals surface area contributed by atoms with E-state index in [4.69, 9.17) is 0 Å². The van der Waals surface area contributed by atoms with Crippen molar-refractivity contribution in [3.63, 3.8) is 0 Å². The molecule has 1 amide bonds. The third-order valence-electron chi connectivity index (χ3n) is 4.37. The van der Waals surface area contributed by atoms with E-state index < -0.39 is 4.92 Å². The number of hydrogen-bond donors (Lipinski definition) is 1. The van der Waals surface area contributed by atoms with Crippen LogP contribution in [-0.4, -0.2) is 10.8 Å². The Labute approximate surface area is 163 Å². The number of nitro groups is 1. The topological polar surface area (TPSA) is 72.2 Å². The number of non-ortho nitro benzene ring substituents is 1. The van der Waals surface area contributed by atoms with Gasteiger partial charge >= 0.3 is 0 Å². The molecule has 0 spiro atoms. The molecule has 5 heteroatoms. The van der Waals surface area contributed by atoms with Crippen molar-refractivity contribution in [1.29, 1.82) is 0 Å². The monoisotopic (exact) mass is 372 g/mol. The highest BCUT2D eigenvalue weighted by molar-refractivity contribution is 6.24. The fourth-order valence-electron chi connectivity index (χ4n) is 2.89. The molecule has 1 atom stereocenters. The molecule has 0 heterocycles. The van der Waals surface area contributed by atoms with Gasteiger partial charge in [0.1, 0.15) is 0 Å². The molecule has 0 radical (unpaired) electrons. The molecule has 0 fully saturated rings. The predicted molar refractivity (Wildman–Crippen MR) is 110 cm³/mol. The van der Waals surface area contributed by atoms with Crippen molar-refractivity contribution in [2.45, 2.75) is 13.0 Å². The Balaban J connectivity index is 1.95. The largest absolute Gasteiger partial charge is 0.345 e. The lowest BCUT2D eigenvalue weighted by Gasteiger charge is -2.16. The second kappa shape index (κ2) is 8.77. The van der Waals surface area contributed by atoms with E-state index in [1.165, 1.54) is 12.1 Å². The summed E-state index contributed by atoms with van der Waals surface area (Å²) in [5, 5.41) is 14.1. The van der Waals surface area contributed by atoms with Gasteiger partial charge in [0.2, 0.25) is 0 Å². The SMILES string of the molecule is C[C@H](NC(=O)/C(=C/c1cccc([N+](=O)[O-])c1)c1ccccc1)c1ccccc1. The number of hydrogen-bond acceptors (Lipinski definition) is 3. The van der Waals surface area contributed by atoms with Crippen LogP contribution in [0.4, 0.5) is 5.69 Å². The van der Waals surface area contributed by atoms with Crippen LogP contribution in [0.25, 0.3) is 11.6 Å². The smallest absolute Gasteiger partial charge is 0.270 e. The first-order chi connectivity index (χ1) is 13.5. The summed E-state index contributed by atoms with van der Waals surface area (Å²) >= 11 is 0. The maximum absolute atomic E-state index is 13.0. The van der Waals surface area contributed by atoms with Crippen LogP contribution in [0.1, 0.15) is 29.7 Å². The van der Waals surface area contributed by atoms with Gasteiger partial charge in [-0.1, -0.05) is 72.8 Å². The molecule has 0 aliphatic carbocycles. The first-order valence-electron chi connectivity index (χ1n) is 8.92. The van der Waals surface area contributed by atoms with Crippen LogP contribution in [0.2, 0.25) is 0 Å². The molecule has 3 aromatic carbocycles. The lowest BCUT2D eigenvalue weighted by molar-refractivity contribution is -0.384. The Bertz CT molecular complexity index is 999. The lowest BCUT2D eigenvalue weighted by Crippen LogP contribution is -2.27. The molecule has 140 valence electrons. The minimum atomic E-state index is -0.447. The molecular weight excluding hydrogens is 352 g/mol. The lowest BCUT2D eigenvalue weighted by atomic mass is 10.0. The van der Waals surface area contributed by atoms with E-state index in [0.29, 0.717) is 11.1 Å². The number of rotatable bonds is 6. The number of nitrogens with one attached hydrogen (secondary N) is 1. The first-order valence-corrected chi connectivity index (χ1v) is 8.92. The second-order valence-electron chi connectivity index (χ2n) is 6.38. The van der Waals surface area contributed by atoms with E-state index in [-0.39, 0.29) is 17.6 Å². The summed E-state index contributed by atoms with van der Waals surface area (Å²) in [6, 6.07) is 25.0. The van der Waals surface area contributed by atoms with Crippen LogP contribution < -0.4 is 5.32 Å². The first kappa shape index (κ1) is 19.0. The average Bonchev–Trinajstić information content (AvgIpc) is 2.73. The minimum absolute atomic E-state index is 0.0146. The molecule has 5 nitrogen and oxygen atoms in total. The number of benzene rings is 3. The minimum Gasteiger partial charge on any atom is -0.345 e. The van der Waals surface area contributed by atoms with Crippen molar-refractivity contribution in [3.8, 4) is 0 Å². The Morgan fingerprint density at radius 3 is 2.25 bits per heavy atom. The summed E-state index contributed by atoms with van der Waals surface area (Å²) in [6.45, 7) is 1.92. The van der Waals surface area contributed by atoms with E-state index in [0.717, 1.165) is 11.1 Å². The van der Waals surface area contributed by atoms with Gasteiger partial charge in [-0.25, -0.2) is 0 Å². The van der Waals surface area contributed by atoms with Gasteiger partial charge in [0, 0.05) is 17.7 Å². The summed E-state index contributed by atoms with van der Waals surface area (Å²) in [4.78, 5) is 23.6. The highest BCUT2D eigenvalue weighted by Gasteiger charge is 2.16. The standard InChI is InChI=1S/C23H20N2O3/c1-17(19-10-4-2-5-11-19)24-23(26)22(20-12-6-3-7-13-20)16-18-9-8-14-21(15-18)25(27)28/h2-17H,1H3,(H,24,26)/b22-16+/t17-/m0/s1. The summed E-state index contributed by atoms with van der Waals surface area (Å²) in [6.07, 6.45) is 1.68. The Morgan fingerprint density at radius 2 is 1.61 bits per heavy atom. The molecule has 0 saturated carbocycles. The molecule has 1 N–H and O–H groups in total. The van der Waals surface area contributed by atoms with E-state index in [1.807, 2.05) is 67.6 Å². The fourth-order valence-corrected chi connectivity index (χ4v) is 2.89. The van der Waals surface area contributed by atoms with Gasteiger partial charge in [0.05, 0.1) is 11.0 Å². The molecule has 0 unspecified atom stereocenters. The van der Waals surface area contributed by atoms with Gasteiger partial charge in [-0.05, 0) is 29.7 Å². The quantitative estimate of drug-likeness (QED) is 0.286. The van der Waals surface area contributed by atoms with Gasteiger partial charge in [-0.15, -0.1) is 0 Å². The van der Waals surface area contributed by atoms with Gasteiger partial charge in [0.15, 0.2) is 0 Å². The normalized spacial score (nSPS) is 12.2. The molecule has 0 aliphatic heterocycles. The zero-order chi connectivity index (χ0) is 19.9. The van der Waals surface area contributed by atoms with Gasteiger partial charge in [-0.2, -0.15) is 0 Å². The third-order valence-corrected chi connectivity index (χ3v) is 4.37. The number of carbonyl (C=O) groups is 1. The fraction of sp³-hybridized carbons (Fsp3) is 0.0870. The van der Waals surface area contributed by atoms with Crippen LogP contribution in [0.3, 0.4) is 0 Å². The second-order valence-corrected chi connectivity index (χ2v) is 6.38. The Hall–Kier alpha value is -3.73. The zero-order valence-electron chi connectivity index (χ0n) is 15.4. The molecule has 0 aromatic heterocycles. The van der Waals surface area contributed by atoms with Crippen LogP contribution >= 0.6 is 0 Å². The number of nitrogens with zero attached hydrogens (tertiary/aromatic N) is 1. The van der Waals surface area contributed by atoms with Crippen LogP contribution in [-0.2, 0) is 4.79 Å². The third kappa shape index (κ3) is 4.71. The van der Waals surface area contributed by atoms with Crippen LogP contribution in [0.15, 0.2) is 84.9 Å². The molecule has 28 heavy (non-hydrogen) atoms. The van der Waals surface area contributed by atoms with Crippen molar-refractivity contribution in [1.82, 2.24) is 5.32 Å². The summed E-state index contributed by atoms with van der Waals surface area (Å²) in [5.41, 5.74) is 2.77. The molecule has 0 saturated heterocycles. The number of amides is 1. The number of nitro benzene ring substituents is 1. The zero-order valence-corrected chi connectivity index (χ0v) is 15.4. The summed E-state index contributed by atoms with van der Waals surface area (Å²) in [5.74, 6) is -0.242. The molecule has 0 bridgehead atoms. The van der Waals surface area contributed by atoms with Gasteiger partial charge < -0.3 is 5.32 Å². The average molecular weight is 372 g/mol. The van der Waals surface area contributed by atoms with Gasteiger partial charge in [0.25, 0.3) is 11.6 Å². The highest BCUT2D eigenvalue weighted by atomic mass is 16.6.